The molecule has 0 aromatic heterocycles. The Morgan fingerprint density at radius 1 is 1.17 bits per heavy atom. The van der Waals surface area contributed by atoms with Crippen LogP contribution in [0.5, 0.6) is 11.5 Å². The van der Waals surface area contributed by atoms with E-state index in [9.17, 15) is 9.18 Å². The minimum absolute atomic E-state index is 0.0106. The third-order valence-corrected chi connectivity index (χ3v) is 3.59. The number of methoxy groups -OCH3 is 2. The maximum atomic E-state index is 13.6. The summed E-state index contributed by atoms with van der Waals surface area (Å²) >= 11 is 0. The van der Waals surface area contributed by atoms with E-state index in [-0.39, 0.29) is 24.2 Å². The molecule has 0 unspecified atom stereocenters. The molecule has 0 fully saturated rings. The van der Waals surface area contributed by atoms with Gasteiger partial charge in [-0.15, -0.1) is 0 Å². The Hall–Kier alpha value is -2.56. The summed E-state index contributed by atoms with van der Waals surface area (Å²) in [4.78, 5) is 12.2. The van der Waals surface area contributed by atoms with Crippen LogP contribution in [0.4, 0.5) is 4.39 Å². The molecule has 0 aliphatic rings. The van der Waals surface area contributed by atoms with Gasteiger partial charge in [0.15, 0.2) is 0 Å². The van der Waals surface area contributed by atoms with Gasteiger partial charge >= 0.3 is 0 Å². The zero-order valence-corrected chi connectivity index (χ0v) is 13.4. The van der Waals surface area contributed by atoms with Gasteiger partial charge in [-0.05, 0) is 36.8 Å². The van der Waals surface area contributed by atoms with E-state index in [0.717, 1.165) is 5.56 Å². The highest BCUT2D eigenvalue weighted by Crippen LogP contribution is 2.29. The van der Waals surface area contributed by atoms with Crippen molar-refractivity contribution in [3.8, 4) is 11.5 Å². The second kappa shape index (κ2) is 7.63. The van der Waals surface area contributed by atoms with Crippen LogP contribution >= 0.6 is 0 Å². The maximum absolute atomic E-state index is 13.6. The molecule has 2 aromatic rings. The fourth-order valence-corrected chi connectivity index (χ4v) is 2.36. The predicted octanol–water partition coefficient (Wildman–Crippen LogP) is 3.26. The van der Waals surface area contributed by atoms with Crippen molar-refractivity contribution in [1.29, 1.82) is 0 Å². The van der Waals surface area contributed by atoms with E-state index in [0.29, 0.717) is 17.1 Å². The highest BCUT2D eigenvalue weighted by Gasteiger charge is 2.16. The fourth-order valence-electron chi connectivity index (χ4n) is 2.36. The average molecular weight is 317 g/mol. The number of benzene rings is 2. The number of carbonyl (C=O) groups excluding carboxylic acids is 1. The van der Waals surface area contributed by atoms with E-state index in [1.54, 1.807) is 44.6 Å². The van der Waals surface area contributed by atoms with Gasteiger partial charge in [0.2, 0.25) is 5.91 Å². The van der Waals surface area contributed by atoms with Crippen molar-refractivity contribution in [3.63, 3.8) is 0 Å². The number of halogens is 1. The molecule has 0 bridgehead atoms. The molecule has 4 nitrogen and oxygen atoms in total. The topological polar surface area (TPSA) is 47.6 Å². The van der Waals surface area contributed by atoms with Crippen molar-refractivity contribution in [2.24, 2.45) is 0 Å². The summed E-state index contributed by atoms with van der Waals surface area (Å²) in [6.07, 6.45) is -0.0106. The van der Waals surface area contributed by atoms with Gasteiger partial charge in [-0.1, -0.05) is 18.2 Å². The zero-order chi connectivity index (χ0) is 16.8. The average Bonchev–Trinajstić information content (AvgIpc) is 2.56. The number of ether oxygens (including phenoxy) is 2. The van der Waals surface area contributed by atoms with Crippen molar-refractivity contribution in [3.05, 3.63) is 59.4 Å². The van der Waals surface area contributed by atoms with Crippen molar-refractivity contribution < 1.29 is 18.7 Å². The molecule has 5 heteroatoms. The highest BCUT2D eigenvalue weighted by atomic mass is 19.1. The van der Waals surface area contributed by atoms with Gasteiger partial charge in [0.1, 0.15) is 17.3 Å². The first-order chi connectivity index (χ1) is 11.0. The van der Waals surface area contributed by atoms with Gasteiger partial charge in [-0.2, -0.15) is 0 Å². The quantitative estimate of drug-likeness (QED) is 0.889. The smallest absolute Gasteiger partial charge is 0.225 e. The van der Waals surface area contributed by atoms with Crippen molar-refractivity contribution in [2.45, 2.75) is 19.4 Å². The molecule has 0 aliphatic heterocycles. The Labute approximate surface area is 135 Å². The molecule has 0 spiro atoms. The van der Waals surface area contributed by atoms with Crippen LogP contribution in [0.2, 0.25) is 0 Å². The SMILES string of the molecule is COc1ccc(OC)c([C@@H](C)NC(=O)Cc2ccccc2F)c1. The van der Waals surface area contributed by atoms with Crippen LogP contribution in [0.25, 0.3) is 0 Å². The summed E-state index contributed by atoms with van der Waals surface area (Å²) in [5.41, 5.74) is 1.17. The zero-order valence-electron chi connectivity index (χ0n) is 13.4. The summed E-state index contributed by atoms with van der Waals surface area (Å²) in [6.45, 7) is 1.84. The molecule has 0 radical (unpaired) electrons. The number of nitrogens with one attached hydrogen (secondary N) is 1. The van der Waals surface area contributed by atoms with Crippen LogP contribution in [0.1, 0.15) is 24.1 Å². The van der Waals surface area contributed by atoms with E-state index in [1.807, 2.05) is 13.0 Å². The largest absolute Gasteiger partial charge is 0.497 e. The summed E-state index contributed by atoms with van der Waals surface area (Å²) < 4.78 is 24.1. The van der Waals surface area contributed by atoms with Gasteiger partial charge in [-0.3, -0.25) is 4.79 Å². The molecular formula is C18H20FNO3. The lowest BCUT2D eigenvalue weighted by atomic mass is 10.1. The van der Waals surface area contributed by atoms with Gasteiger partial charge in [-0.25, -0.2) is 4.39 Å². The Morgan fingerprint density at radius 2 is 1.91 bits per heavy atom. The lowest BCUT2D eigenvalue weighted by Gasteiger charge is -2.18. The normalized spacial score (nSPS) is 11.7. The first-order valence-electron chi connectivity index (χ1n) is 7.30. The van der Waals surface area contributed by atoms with E-state index in [2.05, 4.69) is 5.32 Å². The Kier molecular flexibility index (Phi) is 5.57. The lowest BCUT2D eigenvalue weighted by Crippen LogP contribution is -2.28. The lowest BCUT2D eigenvalue weighted by molar-refractivity contribution is -0.121. The Balaban J connectivity index is 2.10. The second-order valence-electron chi connectivity index (χ2n) is 5.17. The molecule has 1 N–H and O–H groups in total. The van der Waals surface area contributed by atoms with Crippen LogP contribution in [0.3, 0.4) is 0 Å². The molecule has 0 saturated heterocycles. The minimum Gasteiger partial charge on any atom is -0.497 e. The number of carbonyl (C=O) groups is 1. The van der Waals surface area contributed by atoms with E-state index < -0.39 is 0 Å². The van der Waals surface area contributed by atoms with Crippen LogP contribution in [-0.4, -0.2) is 20.1 Å². The molecule has 1 atom stereocenters. The molecule has 1 amide bonds. The fraction of sp³-hybridized carbons (Fsp3) is 0.278. The molecule has 0 saturated carbocycles. The summed E-state index contributed by atoms with van der Waals surface area (Å²) in [5, 5.41) is 2.86. The van der Waals surface area contributed by atoms with Crippen LogP contribution in [0.15, 0.2) is 42.5 Å². The minimum atomic E-state index is -0.380. The highest BCUT2D eigenvalue weighted by molar-refractivity contribution is 5.79. The van der Waals surface area contributed by atoms with Gasteiger partial charge < -0.3 is 14.8 Å². The summed E-state index contributed by atoms with van der Waals surface area (Å²) in [7, 11) is 3.15. The van der Waals surface area contributed by atoms with Gasteiger partial charge in [0, 0.05) is 5.56 Å². The first-order valence-corrected chi connectivity index (χ1v) is 7.30. The molecule has 0 aliphatic carbocycles. The maximum Gasteiger partial charge on any atom is 0.225 e. The van der Waals surface area contributed by atoms with Crippen LogP contribution in [-0.2, 0) is 11.2 Å². The molecule has 2 aromatic carbocycles. The molecule has 23 heavy (non-hydrogen) atoms. The van der Waals surface area contributed by atoms with Crippen molar-refractivity contribution >= 4 is 5.91 Å². The number of hydrogen-bond acceptors (Lipinski definition) is 3. The third-order valence-electron chi connectivity index (χ3n) is 3.59. The Bertz CT molecular complexity index is 688. The monoisotopic (exact) mass is 317 g/mol. The standard InChI is InChI=1S/C18H20FNO3/c1-12(15-11-14(22-2)8-9-17(15)23-3)20-18(21)10-13-6-4-5-7-16(13)19/h4-9,11-12H,10H2,1-3H3,(H,20,21)/t12-/m1/s1. The van der Waals surface area contributed by atoms with Crippen molar-refractivity contribution in [2.75, 3.05) is 14.2 Å². The van der Waals surface area contributed by atoms with E-state index >= 15 is 0 Å². The number of rotatable bonds is 6. The van der Waals surface area contributed by atoms with Crippen LogP contribution in [0, 0.1) is 5.82 Å². The molecule has 122 valence electrons. The second-order valence-corrected chi connectivity index (χ2v) is 5.17. The van der Waals surface area contributed by atoms with E-state index in [4.69, 9.17) is 9.47 Å². The molecular weight excluding hydrogens is 297 g/mol. The van der Waals surface area contributed by atoms with E-state index in [1.165, 1.54) is 6.07 Å². The Morgan fingerprint density at radius 3 is 2.57 bits per heavy atom. The predicted molar refractivity (Wildman–Crippen MR) is 86.2 cm³/mol. The van der Waals surface area contributed by atoms with Gasteiger partial charge in [0.25, 0.3) is 0 Å². The third kappa shape index (κ3) is 4.22. The number of amides is 1. The summed E-state index contributed by atoms with van der Waals surface area (Å²) in [5.74, 6) is 0.697. The van der Waals surface area contributed by atoms with Crippen LogP contribution < -0.4 is 14.8 Å². The van der Waals surface area contributed by atoms with Gasteiger partial charge in [0.05, 0.1) is 26.7 Å². The summed E-state index contributed by atoms with van der Waals surface area (Å²) in [6, 6.07) is 11.3. The van der Waals surface area contributed by atoms with Crippen molar-refractivity contribution in [1.82, 2.24) is 5.32 Å². The molecule has 0 heterocycles. The number of hydrogen-bond donors (Lipinski definition) is 1. The molecule has 2 rings (SSSR count). The first kappa shape index (κ1) is 16.8.